The quantitative estimate of drug-likeness (QED) is 0.800. The number of nitrogens with zero attached hydrogens (tertiary/aromatic N) is 2. The molecule has 0 radical (unpaired) electrons. The van der Waals surface area contributed by atoms with Gasteiger partial charge in [-0.15, -0.1) is 0 Å². The van der Waals surface area contributed by atoms with E-state index in [2.05, 4.69) is 17.1 Å². The Morgan fingerprint density at radius 2 is 2.09 bits per heavy atom. The molecule has 118 valence electrons. The number of carbonyl (C=O) groups is 2. The second kappa shape index (κ2) is 6.08. The van der Waals surface area contributed by atoms with Gasteiger partial charge in [-0.3, -0.25) is 14.6 Å². The summed E-state index contributed by atoms with van der Waals surface area (Å²) in [5, 5.41) is 3.93. The number of rotatable bonds is 4. The van der Waals surface area contributed by atoms with Gasteiger partial charge in [0, 0.05) is 13.0 Å². The monoisotopic (exact) mass is 302 g/mol. The Bertz CT molecular complexity index is 560. The van der Waals surface area contributed by atoms with Crippen LogP contribution in [0.1, 0.15) is 38.3 Å². The molecule has 1 aromatic carbocycles. The minimum absolute atomic E-state index is 0.111. The number of ether oxygens (including phenoxy) is 1. The molecular weight excluding hydrogens is 280 g/mol. The Kier molecular flexibility index (Phi) is 4.16. The normalized spacial score (nSPS) is 26.1. The van der Waals surface area contributed by atoms with Gasteiger partial charge in [-0.1, -0.05) is 30.3 Å². The van der Waals surface area contributed by atoms with Gasteiger partial charge in [-0.05, 0) is 25.8 Å². The molecule has 0 N–H and O–H groups in total. The molecule has 3 atom stereocenters. The highest BCUT2D eigenvalue weighted by Crippen LogP contribution is 2.42. The largest absolute Gasteiger partial charge is 0.466 e. The lowest BCUT2D eigenvalue weighted by molar-refractivity contribution is -0.153. The molecule has 2 aliphatic rings. The smallest absolute Gasteiger partial charge is 0.310 e. The fourth-order valence-electron chi connectivity index (χ4n) is 3.54. The van der Waals surface area contributed by atoms with Gasteiger partial charge in [0.2, 0.25) is 5.91 Å². The van der Waals surface area contributed by atoms with Crippen molar-refractivity contribution in [3.8, 4) is 0 Å². The van der Waals surface area contributed by atoms with E-state index >= 15 is 0 Å². The molecule has 0 spiro atoms. The Morgan fingerprint density at radius 1 is 1.36 bits per heavy atom. The summed E-state index contributed by atoms with van der Waals surface area (Å²) in [7, 11) is 0. The van der Waals surface area contributed by atoms with Crippen molar-refractivity contribution < 1.29 is 14.3 Å². The minimum atomic E-state index is -0.307. The van der Waals surface area contributed by atoms with Crippen LogP contribution in [0.5, 0.6) is 0 Å². The molecule has 2 heterocycles. The lowest BCUT2D eigenvalue weighted by Crippen LogP contribution is -2.43. The molecule has 5 heteroatoms. The third kappa shape index (κ3) is 2.50. The van der Waals surface area contributed by atoms with Gasteiger partial charge >= 0.3 is 5.97 Å². The van der Waals surface area contributed by atoms with Crippen LogP contribution in [0.15, 0.2) is 30.3 Å². The van der Waals surface area contributed by atoms with Crippen LogP contribution in [0.2, 0.25) is 0 Å². The first-order valence-corrected chi connectivity index (χ1v) is 7.93. The molecule has 2 saturated heterocycles. The number of esters is 1. The van der Waals surface area contributed by atoms with Crippen molar-refractivity contribution in [2.45, 2.75) is 38.8 Å². The second-order valence-electron chi connectivity index (χ2n) is 5.92. The molecule has 22 heavy (non-hydrogen) atoms. The SMILES string of the molecule is CCOC(=O)C(C)[C@H]1C[C@@H](c2ccccc2)N2CCC(=O)N12. The van der Waals surface area contributed by atoms with Crippen molar-refractivity contribution in [2.75, 3.05) is 13.2 Å². The Labute approximate surface area is 130 Å². The summed E-state index contributed by atoms with van der Waals surface area (Å²) in [5.74, 6) is -0.418. The minimum Gasteiger partial charge on any atom is -0.466 e. The second-order valence-corrected chi connectivity index (χ2v) is 5.92. The summed E-state index contributed by atoms with van der Waals surface area (Å²) in [6, 6.07) is 10.2. The van der Waals surface area contributed by atoms with E-state index in [1.807, 2.05) is 25.1 Å². The maximum atomic E-state index is 12.3. The van der Waals surface area contributed by atoms with E-state index in [1.165, 1.54) is 5.56 Å². The summed E-state index contributed by atoms with van der Waals surface area (Å²) < 4.78 is 5.15. The molecule has 2 fully saturated rings. The lowest BCUT2D eigenvalue weighted by Gasteiger charge is -2.29. The van der Waals surface area contributed by atoms with E-state index in [0.717, 1.165) is 13.0 Å². The topological polar surface area (TPSA) is 49.9 Å². The van der Waals surface area contributed by atoms with Gasteiger partial charge < -0.3 is 4.74 Å². The highest BCUT2D eigenvalue weighted by Gasteiger charge is 2.49. The summed E-state index contributed by atoms with van der Waals surface area (Å²) >= 11 is 0. The predicted molar refractivity (Wildman–Crippen MR) is 81.6 cm³/mol. The average molecular weight is 302 g/mol. The van der Waals surface area contributed by atoms with Crippen LogP contribution in [0.4, 0.5) is 0 Å². The molecule has 1 aromatic rings. The maximum absolute atomic E-state index is 12.3. The summed E-state index contributed by atoms with van der Waals surface area (Å²) in [4.78, 5) is 24.3. The molecule has 0 bridgehead atoms. The first-order valence-electron chi connectivity index (χ1n) is 7.93. The third-order valence-electron chi connectivity index (χ3n) is 4.65. The van der Waals surface area contributed by atoms with Crippen molar-refractivity contribution in [2.24, 2.45) is 5.92 Å². The number of amides is 1. The standard InChI is InChI=1S/C17H22N2O3/c1-3-22-17(21)12(2)14-11-15(13-7-5-4-6-8-13)18-10-9-16(20)19(14)18/h4-8,12,14-15H,3,9-11H2,1-2H3/t12?,14-,15+/m1/s1. The molecule has 5 nitrogen and oxygen atoms in total. The lowest BCUT2D eigenvalue weighted by atomic mass is 9.93. The Morgan fingerprint density at radius 3 is 2.77 bits per heavy atom. The zero-order chi connectivity index (χ0) is 15.7. The number of fused-ring (bicyclic) bond motifs is 1. The summed E-state index contributed by atoms with van der Waals surface area (Å²) in [6.07, 6.45) is 1.30. The number of carbonyl (C=O) groups excluding carboxylic acids is 2. The molecule has 2 aliphatic heterocycles. The molecule has 1 unspecified atom stereocenters. The van der Waals surface area contributed by atoms with E-state index in [0.29, 0.717) is 13.0 Å². The number of hydrogen-bond acceptors (Lipinski definition) is 4. The van der Waals surface area contributed by atoms with E-state index in [1.54, 1.807) is 11.9 Å². The zero-order valence-electron chi connectivity index (χ0n) is 13.1. The Hall–Kier alpha value is -1.88. The van der Waals surface area contributed by atoms with Crippen LogP contribution in [-0.2, 0) is 14.3 Å². The van der Waals surface area contributed by atoms with E-state index in [4.69, 9.17) is 4.74 Å². The van der Waals surface area contributed by atoms with Gasteiger partial charge in [0.15, 0.2) is 0 Å². The maximum Gasteiger partial charge on any atom is 0.310 e. The van der Waals surface area contributed by atoms with Crippen LogP contribution in [-0.4, -0.2) is 41.1 Å². The van der Waals surface area contributed by atoms with Gasteiger partial charge in [0.25, 0.3) is 0 Å². The van der Waals surface area contributed by atoms with Crippen molar-refractivity contribution in [1.82, 2.24) is 10.0 Å². The van der Waals surface area contributed by atoms with Crippen LogP contribution < -0.4 is 0 Å². The van der Waals surface area contributed by atoms with Gasteiger partial charge in [-0.2, -0.15) is 0 Å². The van der Waals surface area contributed by atoms with Crippen LogP contribution in [0.3, 0.4) is 0 Å². The first kappa shape index (κ1) is 15.0. The first-order chi connectivity index (χ1) is 10.6. The van der Waals surface area contributed by atoms with E-state index in [9.17, 15) is 9.59 Å². The van der Waals surface area contributed by atoms with Crippen LogP contribution in [0, 0.1) is 5.92 Å². The molecule has 1 amide bonds. The van der Waals surface area contributed by atoms with Crippen molar-refractivity contribution in [3.05, 3.63) is 35.9 Å². The molecule has 3 rings (SSSR count). The van der Waals surface area contributed by atoms with Crippen LogP contribution >= 0.6 is 0 Å². The number of hydrazine groups is 1. The summed E-state index contributed by atoms with van der Waals surface area (Å²) in [6.45, 7) is 4.76. The van der Waals surface area contributed by atoms with Gasteiger partial charge in [0.05, 0.1) is 24.6 Å². The van der Waals surface area contributed by atoms with Gasteiger partial charge in [-0.25, -0.2) is 5.01 Å². The molecule has 0 aliphatic carbocycles. The highest BCUT2D eigenvalue weighted by molar-refractivity contribution is 5.80. The molecular formula is C17H22N2O3. The van der Waals surface area contributed by atoms with Crippen molar-refractivity contribution in [1.29, 1.82) is 0 Å². The molecule has 0 aromatic heterocycles. The zero-order valence-corrected chi connectivity index (χ0v) is 13.1. The fraction of sp³-hybridized carbons (Fsp3) is 0.529. The predicted octanol–water partition coefficient (Wildman–Crippen LogP) is 2.15. The fourth-order valence-corrected chi connectivity index (χ4v) is 3.54. The van der Waals surface area contributed by atoms with Gasteiger partial charge in [0.1, 0.15) is 0 Å². The number of benzene rings is 1. The van der Waals surface area contributed by atoms with E-state index < -0.39 is 0 Å². The van der Waals surface area contributed by atoms with E-state index in [-0.39, 0.29) is 29.9 Å². The highest BCUT2D eigenvalue weighted by atomic mass is 16.5. The van der Waals surface area contributed by atoms with Crippen LogP contribution in [0.25, 0.3) is 0 Å². The number of hydrogen-bond donors (Lipinski definition) is 0. The third-order valence-corrected chi connectivity index (χ3v) is 4.65. The van der Waals surface area contributed by atoms with Crippen molar-refractivity contribution >= 4 is 11.9 Å². The Balaban J connectivity index is 1.86. The average Bonchev–Trinajstić information content (AvgIpc) is 3.09. The summed E-state index contributed by atoms with van der Waals surface area (Å²) in [5.41, 5.74) is 1.20. The molecule has 0 saturated carbocycles. The van der Waals surface area contributed by atoms with Crippen molar-refractivity contribution in [3.63, 3.8) is 0 Å².